The molecule has 1 aliphatic heterocycles. The highest BCUT2D eigenvalue weighted by Crippen LogP contribution is 2.19. The highest BCUT2D eigenvalue weighted by Gasteiger charge is 2.19. The van der Waals surface area contributed by atoms with E-state index in [1.165, 1.54) is 18.2 Å². The van der Waals surface area contributed by atoms with Gasteiger partial charge in [0.25, 0.3) is 0 Å². The molecular formula is C12H14ClFN3O. The Bertz CT molecular complexity index is 447. The first-order valence-corrected chi connectivity index (χ1v) is 6.00. The van der Waals surface area contributed by atoms with Gasteiger partial charge in [-0.25, -0.2) is 9.18 Å². The highest BCUT2D eigenvalue weighted by atomic mass is 35.5. The largest absolute Gasteiger partial charge is 0.322 e. The number of hydrogen-bond donors (Lipinski definition) is 1. The standard InChI is InChI=1S/C12H14ClFN3O/c1-16-4-6-17(7-5-16)12(18)15-9-2-3-11(14)10(13)8-9/h2-3,8H,1,4-7H2,(H,15,18). The Morgan fingerprint density at radius 3 is 2.61 bits per heavy atom. The summed E-state index contributed by atoms with van der Waals surface area (Å²) in [6, 6.07) is 3.90. The van der Waals surface area contributed by atoms with Crippen molar-refractivity contribution in [1.82, 2.24) is 9.80 Å². The molecule has 2 amide bonds. The normalized spacial score (nSPS) is 16.7. The molecule has 6 heteroatoms. The number of urea groups is 1. The van der Waals surface area contributed by atoms with E-state index in [1.54, 1.807) is 4.90 Å². The predicted molar refractivity (Wildman–Crippen MR) is 68.9 cm³/mol. The van der Waals surface area contributed by atoms with Crippen LogP contribution in [0.5, 0.6) is 0 Å². The Balaban J connectivity index is 1.96. The van der Waals surface area contributed by atoms with E-state index in [0.717, 1.165) is 13.1 Å². The molecule has 0 bridgehead atoms. The van der Waals surface area contributed by atoms with E-state index in [0.29, 0.717) is 18.8 Å². The molecule has 0 spiro atoms. The molecule has 18 heavy (non-hydrogen) atoms. The van der Waals surface area contributed by atoms with Crippen molar-refractivity contribution in [2.75, 3.05) is 31.5 Å². The van der Waals surface area contributed by atoms with Gasteiger partial charge in [-0.15, -0.1) is 0 Å². The highest BCUT2D eigenvalue weighted by molar-refractivity contribution is 6.31. The first kappa shape index (κ1) is 13.1. The van der Waals surface area contributed by atoms with Crippen molar-refractivity contribution in [3.8, 4) is 0 Å². The van der Waals surface area contributed by atoms with Crippen LogP contribution in [0.25, 0.3) is 0 Å². The van der Waals surface area contributed by atoms with E-state index >= 15 is 0 Å². The second-order valence-electron chi connectivity index (χ2n) is 4.16. The summed E-state index contributed by atoms with van der Waals surface area (Å²) >= 11 is 5.65. The summed E-state index contributed by atoms with van der Waals surface area (Å²) in [5.41, 5.74) is 0.489. The fraction of sp³-hybridized carbons (Fsp3) is 0.333. The average Bonchev–Trinajstić information content (AvgIpc) is 2.34. The molecule has 2 rings (SSSR count). The molecule has 0 aliphatic carbocycles. The van der Waals surface area contributed by atoms with Crippen LogP contribution in [-0.4, -0.2) is 42.0 Å². The fourth-order valence-electron chi connectivity index (χ4n) is 1.73. The van der Waals surface area contributed by atoms with Crippen LogP contribution in [0.3, 0.4) is 0 Å². The lowest BCUT2D eigenvalue weighted by Crippen LogP contribution is -2.48. The van der Waals surface area contributed by atoms with E-state index in [-0.39, 0.29) is 11.1 Å². The lowest BCUT2D eigenvalue weighted by Gasteiger charge is -2.32. The van der Waals surface area contributed by atoms with Gasteiger partial charge in [0.05, 0.1) is 5.02 Å². The second kappa shape index (κ2) is 5.54. The van der Waals surface area contributed by atoms with Crippen molar-refractivity contribution in [2.24, 2.45) is 0 Å². The van der Waals surface area contributed by atoms with Crippen LogP contribution in [0.15, 0.2) is 18.2 Å². The van der Waals surface area contributed by atoms with Crippen LogP contribution in [0.4, 0.5) is 14.9 Å². The summed E-state index contributed by atoms with van der Waals surface area (Å²) in [7, 11) is 3.81. The second-order valence-corrected chi connectivity index (χ2v) is 4.57. The first-order chi connectivity index (χ1) is 8.56. The number of nitrogens with zero attached hydrogens (tertiary/aromatic N) is 2. The monoisotopic (exact) mass is 270 g/mol. The molecule has 1 heterocycles. The van der Waals surface area contributed by atoms with Crippen LogP contribution in [0, 0.1) is 12.9 Å². The van der Waals surface area contributed by atoms with Crippen molar-refractivity contribution >= 4 is 23.3 Å². The summed E-state index contributed by atoms with van der Waals surface area (Å²) < 4.78 is 13.0. The zero-order valence-corrected chi connectivity index (χ0v) is 10.6. The summed E-state index contributed by atoms with van der Waals surface area (Å²) in [6.07, 6.45) is 0. The maximum Gasteiger partial charge on any atom is 0.321 e. The Morgan fingerprint density at radius 1 is 1.33 bits per heavy atom. The number of carbonyl (C=O) groups is 1. The number of piperazine rings is 1. The molecule has 0 atom stereocenters. The van der Waals surface area contributed by atoms with Gasteiger partial charge in [-0.2, -0.15) is 0 Å². The number of carbonyl (C=O) groups excluding carboxylic acids is 1. The number of amides is 2. The zero-order chi connectivity index (χ0) is 13.1. The van der Waals surface area contributed by atoms with Gasteiger partial charge in [0.1, 0.15) is 5.82 Å². The van der Waals surface area contributed by atoms with Crippen LogP contribution in [0.1, 0.15) is 0 Å². The number of halogens is 2. The van der Waals surface area contributed by atoms with Crippen molar-refractivity contribution in [3.05, 3.63) is 36.1 Å². The van der Waals surface area contributed by atoms with Crippen LogP contribution >= 0.6 is 11.6 Å². The zero-order valence-electron chi connectivity index (χ0n) is 9.83. The molecule has 0 unspecified atom stereocenters. The van der Waals surface area contributed by atoms with E-state index in [9.17, 15) is 9.18 Å². The molecule has 1 aromatic rings. The number of benzene rings is 1. The predicted octanol–water partition coefficient (Wildman–Crippen LogP) is 2.42. The Labute approximate surface area is 110 Å². The minimum atomic E-state index is -0.500. The van der Waals surface area contributed by atoms with Crippen LogP contribution in [0.2, 0.25) is 5.02 Å². The Morgan fingerprint density at radius 2 is 2.00 bits per heavy atom. The Kier molecular flexibility index (Phi) is 4.04. The lowest BCUT2D eigenvalue weighted by atomic mass is 10.3. The van der Waals surface area contributed by atoms with Gasteiger partial charge in [0, 0.05) is 38.9 Å². The average molecular weight is 271 g/mol. The van der Waals surface area contributed by atoms with Crippen molar-refractivity contribution in [1.29, 1.82) is 0 Å². The maximum absolute atomic E-state index is 13.0. The van der Waals surface area contributed by atoms with Gasteiger partial charge >= 0.3 is 6.03 Å². The summed E-state index contributed by atoms with van der Waals surface area (Å²) in [6.45, 7) is 2.75. The molecule has 1 aliphatic rings. The minimum Gasteiger partial charge on any atom is -0.322 e. The summed E-state index contributed by atoms with van der Waals surface area (Å²) in [4.78, 5) is 15.5. The third-order valence-electron chi connectivity index (χ3n) is 2.83. The maximum atomic E-state index is 13.0. The molecule has 1 N–H and O–H groups in total. The number of nitrogens with one attached hydrogen (secondary N) is 1. The van der Waals surface area contributed by atoms with E-state index in [1.807, 2.05) is 4.90 Å². The molecule has 1 aromatic carbocycles. The SMILES string of the molecule is [CH2]N1CCN(C(=O)Nc2ccc(F)c(Cl)c2)CC1. The van der Waals surface area contributed by atoms with E-state index < -0.39 is 5.82 Å². The number of rotatable bonds is 1. The fourth-order valence-corrected chi connectivity index (χ4v) is 1.91. The van der Waals surface area contributed by atoms with Gasteiger partial charge in [0.2, 0.25) is 0 Å². The van der Waals surface area contributed by atoms with Gasteiger partial charge < -0.3 is 10.2 Å². The molecular weight excluding hydrogens is 257 g/mol. The third kappa shape index (κ3) is 3.11. The summed E-state index contributed by atoms with van der Waals surface area (Å²) in [5.74, 6) is -0.500. The van der Waals surface area contributed by atoms with Crippen LogP contribution < -0.4 is 5.32 Å². The van der Waals surface area contributed by atoms with Crippen molar-refractivity contribution in [2.45, 2.75) is 0 Å². The third-order valence-corrected chi connectivity index (χ3v) is 3.12. The molecule has 1 radical (unpaired) electrons. The van der Waals surface area contributed by atoms with Gasteiger partial charge in [-0.3, -0.25) is 4.90 Å². The number of hydrogen-bond acceptors (Lipinski definition) is 2. The van der Waals surface area contributed by atoms with Crippen molar-refractivity contribution in [3.63, 3.8) is 0 Å². The Hall–Kier alpha value is -1.33. The smallest absolute Gasteiger partial charge is 0.321 e. The van der Waals surface area contributed by atoms with Gasteiger partial charge in [0.15, 0.2) is 0 Å². The minimum absolute atomic E-state index is 0.00428. The topological polar surface area (TPSA) is 35.6 Å². The quantitative estimate of drug-likeness (QED) is 0.851. The molecule has 1 saturated heterocycles. The van der Waals surface area contributed by atoms with E-state index in [4.69, 9.17) is 11.6 Å². The lowest BCUT2D eigenvalue weighted by molar-refractivity contribution is 0.172. The molecule has 0 saturated carbocycles. The van der Waals surface area contributed by atoms with Crippen LogP contribution in [-0.2, 0) is 0 Å². The molecule has 4 nitrogen and oxygen atoms in total. The first-order valence-electron chi connectivity index (χ1n) is 5.62. The number of anilines is 1. The van der Waals surface area contributed by atoms with Gasteiger partial charge in [-0.05, 0) is 18.2 Å². The summed E-state index contributed by atoms with van der Waals surface area (Å²) in [5, 5.41) is 2.69. The molecule has 1 fully saturated rings. The molecule has 0 aromatic heterocycles. The van der Waals surface area contributed by atoms with E-state index in [2.05, 4.69) is 12.4 Å². The van der Waals surface area contributed by atoms with Crippen molar-refractivity contribution < 1.29 is 9.18 Å². The van der Waals surface area contributed by atoms with Gasteiger partial charge in [-0.1, -0.05) is 11.6 Å². The molecule has 97 valence electrons.